The van der Waals surface area contributed by atoms with Gasteiger partial charge in [0.15, 0.2) is 18.1 Å². The van der Waals surface area contributed by atoms with Gasteiger partial charge in [0.1, 0.15) is 0 Å². The highest BCUT2D eigenvalue weighted by atomic mass is 16.5. The van der Waals surface area contributed by atoms with Crippen LogP contribution in [0.5, 0.6) is 11.5 Å². The minimum atomic E-state index is -1.11. The molecule has 0 aromatic heterocycles. The second-order valence-electron chi connectivity index (χ2n) is 5.46. The van der Waals surface area contributed by atoms with Crippen LogP contribution < -0.4 is 20.2 Å². The zero-order chi connectivity index (χ0) is 20.4. The molecule has 2 rings (SSSR count). The van der Waals surface area contributed by atoms with Gasteiger partial charge in [-0.2, -0.15) is 5.10 Å². The quantitative estimate of drug-likeness (QED) is 0.352. The molecule has 0 saturated carbocycles. The molecule has 2 amide bonds. The number of ether oxygens (including phenoxy) is 2. The van der Waals surface area contributed by atoms with E-state index in [2.05, 4.69) is 15.8 Å². The van der Waals surface area contributed by atoms with Crippen molar-refractivity contribution in [3.05, 3.63) is 59.7 Å². The summed E-state index contributed by atoms with van der Waals surface area (Å²) in [4.78, 5) is 34.1. The number of aliphatic carboxylic acids is 1. The topological polar surface area (TPSA) is 126 Å². The van der Waals surface area contributed by atoms with E-state index in [1.807, 2.05) is 30.3 Å². The second kappa shape index (κ2) is 10.3. The van der Waals surface area contributed by atoms with Crippen LogP contribution in [0.3, 0.4) is 0 Å². The third-order valence-electron chi connectivity index (χ3n) is 3.42. The summed E-state index contributed by atoms with van der Waals surface area (Å²) in [6.45, 7) is -0.274. The standard InChI is InChI=1S/C19H19N3O6/c1-27-16-9-14(7-8-15(16)28-12-17(23)24)11-21-22-19(26)18(25)20-10-13-5-3-2-4-6-13/h2-9,11H,10,12H2,1H3,(H,20,25)(H,22,26)(H,23,24)/b21-11-. The summed E-state index contributed by atoms with van der Waals surface area (Å²) < 4.78 is 10.2. The van der Waals surface area contributed by atoms with Crippen LogP contribution >= 0.6 is 0 Å². The third kappa shape index (κ3) is 6.45. The lowest BCUT2D eigenvalue weighted by atomic mass is 10.2. The second-order valence-corrected chi connectivity index (χ2v) is 5.46. The van der Waals surface area contributed by atoms with E-state index in [-0.39, 0.29) is 12.3 Å². The van der Waals surface area contributed by atoms with Crippen molar-refractivity contribution in [2.45, 2.75) is 6.54 Å². The Morgan fingerprint density at radius 1 is 1.07 bits per heavy atom. The molecule has 9 heteroatoms. The molecule has 0 atom stereocenters. The molecule has 0 unspecified atom stereocenters. The maximum absolute atomic E-state index is 11.7. The Morgan fingerprint density at radius 3 is 2.50 bits per heavy atom. The number of hydrazone groups is 1. The molecule has 0 heterocycles. The predicted octanol–water partition coefficient (Wildman–Crippen LogP) is 0.925. The van der Waals surface area contributed by atoms with Crippen LogP contribution in [0.25, 0.3) is 0 Å². The fourth-order valence-electron chi connectivity index (χ4n) is 2.10. The van der Waals surface area contributed by atoms with Gasteiger partial charge >= 0.3 is 17.8 Å². The van der Waals surface area contributed by atoms with Crippen molar-refractivity contribution >= 4 is 24.0 Å². The number of carboxylic acids is 1. The fraction of sp³-hybridized carbons (Fsp3) is 0.158. The van der Waals surface area contributed by atoms with Crippen LogP contribution in [0, 0.1) is 0 Å². The molecule has 28 heavy (non-hydrogen) atoms. The van der Waals surface area contributed by atoms with Crippen molar-refractivity contribution in [1.82, 2.24) is 10.7 Å². The number of rotatable bonds is 8. The van der Waals surface area contributed by atoms with Crippen molar-refractivity contribution in [1.29, 1.82) is 0 Å². The van der Waals surface area contributed by atoms with Crippen molar-refractivity contribution in [3.8, 4) is 11.5 Å². The van der Waals surface area contributed by atoms with Crippen LogP contribution in [0.1, 0.15) is 11.1 Å². The molecule has 0 spiro atoms. The van der Waals surface area contributed by atoms with E-state index in [4.69, 9.17) is 14.6 Å². The van der Waals surface area contributed by atoms with Gasteiger partial charge in [-0.15, -0.1) is 0 Å². The number of carbonyl (C=O) groups excluding carboxylic acids is 2. The summed E-state index contributed by atoms with van der Waals surface area (Å²) in [5.74, 6) is -2.26. The van der Waals surface area contributed by atoms with Gasteiger partial charge in [-0.25, -0.2) is 10.2 Å². The van der Waals surface area contributed by atoms with Gasteiger partial charge in [0.25, 0.3) is 0 Å². The van der Waals surface area contributed by atoms with Crippen LogP contribution in [0.15, 0.2) is 53.6 Å². The lowest BCUT2D eigenvalue weighted by Gasteiger charge is -2.09. The molecule has 9 nitrogen and oxygen atoms in total. The Kier molecular flexibility index (Phi) is 7.53. The highest BCUT2D eigenvalue weighted by Crippen LogP contribution is 2.27. The molecule has 146 valence electrons. The average Bonchev–Trinajstić information content (AvgIpc) is 2.71. The number of amides is 2. The molecule has 0 saturated heterocycles. The Hall–Kier alpha value is -3.88. The first-order chi connectivity index (χ1) is 13.5. The molecule has 0 aliphatic rings. The van der Waals surface area contributed by atoms with E-state index >= 15 is 0 Å². The number of carboxylic acid groups (broad SMARTS) is 1. The van der Waals surface area contributed by atoms with Crippen LogP contribution in [0.4, 0.5) is 0 Å². The van der Waals surface area contributed by atoms with Gasteiger partial charge in [0.2, 0.25) is 0 Å². The van der Waals surface area contributed by atoms with E-state index in [1.54, 1.807) is 12.1 Å². The first kappa shape index (κ1) is 20.4. The number of carbonyl (C=O) groups is 3. The van der Waals surface area contributed by atoms with Gasteiger partial charge in [0, 0.05) is 6.54 Å². The molecule has 3 N–H and O–H groups in total. The van der Waals surface area contributed by atoms with E-state index in [0.29, 0.717) is 11.3 Å². The molecule has 0 fully saturated rings. The Balaban J connectivity index is 1.87. The number of hydrogen-bond acceptors (Lipinski definition) is 6. The van der Waals surface area contributed by atoms with E-state index in [9.17, 15) is 14.4 Å². The monoisotopic (exact) mass is 385 g/mol. The number of benzene rings is 2. The van der Waals surface area contributed by atoms with Crippen LogP contribution in [-0.2, 0) is 20.9 Å². The molecule has 0 bridgehead atoms. The van der Waals surface area contributed by atoms with Gasteiger partial charge in [0.05, 0.1) is 13.3 Å². The van der Waals surface area contributed by atoms with Crippen molar-refractivity contribution < 1.29 is 29.0 Å². The minimum absolute atomic E-state index is 0.228. The zero-order valence-electron chi connectivity index (χ0n) is 15.0. The van der Waals surface area contributed by atoms with Crippen LogP contribution in [0.2, 0.25) is 0 Å². The molecule has 0 radical (unpaired) electrons. The third-order valence-corrected chi connectivity index (χ3v) is 3.42. The summed E-state index contributed by atoms with van der Waals surface area (Å²) in [6.07, 6.45) is 1.31. The fourth-order valence-corrected chi connectivity index (χ4v) is 2.10. The molecular formula is C19H19N3O6. The maximum atomic E-state index is 11.7. The first-order valence-corrected chi connectivity index (χ1v) is 8.17. The average molecular weight is 385 g/mol. The lowest BCUT2D eigenvalue weighted by molar-refractivity contribution is -0.139. The molecule has 2 aromatic rings. The van der Waals surface area contributed by atoms with E-state index < -0.39 is 24.4 Å². The van der Waals surface area contributed by atoms with E-state index in [0.717, 1.165) is 5.56 Å². The SMILES string of the molecule is COc1cc(/C=N\NC(=O)C(=O)NCc2ccccc2)ccc1OCC(=O)O. The molecule has 0 aliphatic heterocycles. The largest absolute Gasteiger partial charge is 0.493 e. The lowest BCUT2D eigenvalue weighted by Crippen LogP contribution is -2.37. The zero-order valence-corrected chi connectivity index (χ0v) is 15.0. The highest BCUT2D eigenvalue weighted by Gasteiger charge is 2.12. The Morgan fingerprint density at radius 2 is 1.82 bits per heavy atom. The summed E-state index contributed by atoms with van der Waals surface area (Å²) in [6, 6.07) is 13.8. The van der Waals surface area contributed by atoms with Crippen LogP contribution in [-0.4, -0.2) is 42.8 Å². The van der Waals surface area contributed by atoms with Crippen molar-refractivity contribution in [3.63, 3.8) is 0 Å². The smallest absolute Gasteiger partial charge is 0.341 e. The van der Waals surface area contributed by atoms with Gasteiger partial charge in [-0.05, 0) is 29.3 Å². The highest BCUT2D eigenvalue weighted by molar-refractivity contribution is 6.35. The van der Waals surface area contributed by atoms with Gasteiger partial charge < -0.3 is 19.9 Å². The summed E-state index contributed by atoms with van der Waals surface area (Å²) in [7, 11) is 1.41. The number of methoxy groups -OCH3 is 1. The molecule has 2 aromatic carbocycles. The molecule has 0 aliphatic carbocycles. The molecular weight excluding hydrogens is 366 g/mol. The summed E-state index contributed by atoms with van der Waals surface area (Å²) in [5, 5.41) is 14.9. The predicted molar refractivity (Wildman–Crippen MR) is 100 cm³/mol. The normalized spacial score (nSPS) is 10.3. The number of hydrogen-bond donors (Lipinski definition) is 3. The number of nitrogens with one attached hydrogen (secondary N) is 2. The van der Waals surface area contributed by atoms with Crippen molar-refractivity contribution in [2.75, 3.05) is 13.7 Å². The van der Waals surface area contributed by atoms with E-state index in [1.165, 1.54) is 19.4 Å². The Bertz CT molecular complexity index is 867. The van der Waals surface area contributed by atoms with Crippen molar-refractivity contribution in [2.24, 2.45) is 5.10 Å². The van der Waals surface area contributed by atoms with Gasteiger partial charge in [-0.3, -0.25) is 9.59 Å². The minimum Gasteiger partial charge on any atom is -0.493 e. The van der Waals surface area contributed by atoms with Gasteiger partial charge in [-0.1, -0.05) is 30.3 Å². The first-order valence-electron chi connectivity index (χ1n) is 8.17. The summed E-state index contributed by atoms with van der Waals surface area (Å²) in [5.41, 5.74) is 3.54. The Labute approximate surface area is 161 Å². The maximum Gasteiger partial charge on any atom is 0.341 e. The summed E-state index contributed by atoms with van der Waals surface area (Å²) >= 11 is 0. The number of nitrogens with zero attached hydrogens (tertiary/aromatic N) is 1.